The summed E-state index contributed by atoms with van der Waals surface area (Å²) < 4.78 is 16.9. The molecule has 1 fully saturated rings. The smallest absolute Gasteiger partial charge is 0.347 e. The Morgan fingerprint density at radius 1 is 1.17 bits per heavy atom. The molecule has 1 aromatic heterocycles. The van der Waals surface area contributed by atoms with E-state index in [1.807, 2.05) is 12.1 Å². The molecule has 1 aliphatic heterocycles. The second kappa shape index (κ2) is 8.49. The van der Waals surface area contributed by atoms with Crippen molar-refractivity contribution < 1.29 is 14.2 Å². The minimum atomic E-state index is -0.486. The fourth-order valence-corrected chi connectivity index (χ4v) is 3.76. The lowest BCUT2D eigenvalue weighted by atomic mass is 10.1. The zero-order chi connectivity index (χ0) is 20.4. The highest BCUT2D eigenvalue weighted by atomic mass is 35.5. The molecule has 1 saturated heterocycles. The largest absolute Gasteiger partial charge is 0.495 e. The maximum absolute atomic E-state index is 12.1. The number of nitrogens with one attached hydrogen (secondary N) is 2. The van der Waals surface area contributed by atoms with Crippen molar-refractivity contribution in [2.75, 3.05) is 25.6 Å². The third-order valence-corrected chi connectivity index (χ3v) is 5.28. The fourth-order valence-electron chi connectivity index (χ4n) is 3.25. The van der Waals surface area contributed by atoms with Crippen molar-refractivity contribution in [3.8, 4) is 11.5 Å². The normalized spacial score (nSPS) is 14.7. The van der Waals surface area contributed by atoms with Gasteiger partial charge in [-0.2, -0.15) is 4.98 Å². The van der Waals surface area contributed by atoms with Gasteiger partial charge in [-0.05, 0) is 18.2 Å². The summed E-state index contributed by atoms with van der Waals surface area (Å²) >= 11 is 12.5. The van der Waals surface area contributed by atoms with Crippen LogP contribution in [0.15, 0.2) is 35.1 Å². The molecule has 9 heteroatoms. The van der Waals surface area contributed by atoms with Gasteiger partial charge in [-0.15, -0.1) is 0 Å². The van der Waals surface area contributed by atoms with Gasteiger partial charge < -0.3 is 24.5 Å². The van der Waals surface area contributed by atoms with Crippen LogP contribution in [0.25, 0.3) is 10.9 Å². The van der Waals surface area contributed by atoms with Gasteiger partial charge in [0.05, 0.1) is 47.0 Å². The molecular weight excluding hydrogens is 417 g/mol. The zero-order valence-electron chi connectivity index (χ0n) is 15.6. The first kappa shape index (κ1) is 19.8. The zero-order valence-corrected chi connectivity index (χ0v) is 17.1. The molecule has 7 nitrogen and oxygen atoms in total. The molecule has 1 aliphatic rings. The molecule has 0 amide bonds. The Bertz CT molecular complexity index is 1100. The molecule has 0 bridgehead atoms. The minimum Gasteiger partial charge on any atom is -0.495 e. The topological polar surface area (TPSA) is 85.5 Å². The van der Waals surface area contributed by atoms with Crippen molar-refractivity contribution in [2.24, 2.45) is 0 Å². The highest BCUT2D eigenvalue weighted by Crippen LogP contribution is 2.38. The summed E-state index contributed by atoms with van der Waals surface area (Å²) in [5.41, 5.74) is 0.627. The molecule has 4 rings (SSSR count). The number of hydrogen-bond acceptors (Lipinski definition) is 6. The quantitative estimate of drug-likeness (QED) is 0.611. The van der Waals surface area contributed by atoms with Gasteiger partial charge in [-0.3, -0.25) is 0 Å². The van der Waals surface area contributed by atoms with E-state index in [0.29, 0.717) is 57.2 Å². The molecule has 0 aliphatic carbocycles. The van der Waals surface area contributed by atoms with Crippen LogP contribution >= 0.6 is 23.2 Å². The Hall–Kier alpha value is -2.48. The van der Waals surface area contributed by atoms with E-state index in [0.717, 1.165) is 12.8 Å². The second-order valence-electron chi connectivity index (χ2n) is 6.59. The molecule has 2 aromatic carbocycles. The van der Waals surface area contributed by atoms with Crippen molar-refractivity contribution in [1.29, 1.82) is 0 Å². The van der Waals surface area contributed by atoms with Gasteiger partial charge in [-0.1, -0.05) is 29.3 Å². The summed E-state index contributed by atoms with van der Waals surface area (Å²) in [7, 11) is 1.51. The third-order valence-electron chi connectivity index (χ3n) is 4.67. The summed E-state index contributed by atoms with van der Waals surface area (Å²) in [6.45, 7) is 1.33. The third kappa shape index (κ3) is 4.27. The van der Waals surface area contributed by atoms with Gasteiger partial charge in [0.15, 0.2) is 0 Å². The first-order chi connectivity index (χ1) is 14.0. The summed E-state index contributed by atoms with van der Waals surface area (Å²) in [6.07, 6.45) is 1.64. The number of aromatic nitrogens is 2. The Labute approximate surface area is 176 Å². The van der Waals surface area contributed by atoms with E-state index in [2.05, 4.69) is 15.3 Å². The first-order valence-corrected chi connectivity index (χ1v) is 9.88. The number of rotatable bonds is 5. The van der Waals surface area contributed by atoms with Crippen molar-refractivity contribution in [1.82, 2.24) is 9.97 Å². The Morgan fingerprint density at radius 2 is 1.97 bits per heavy atom. The van der Waals surface area contributed by atoms with Crippen LogP contribution < -0.4 is 20.5 Å². The molecular formula is C20H19Cl2N3O4. The van der Waals surface area contributed by atoms with E-state index in [9.17, 15) is 4.79 Å². The fraction of sp³-hybridized carbons (Fsp3) is 0.300. The molecule has 0 saturated carbocycles. The average Bonchev–Trinajstić information content (AvgIpc) is 2.70. The molecule has 2 N–H and O–H groups in total. The van der Waals surface area contributed by atoms with Crippen molar-refractivity contribution >= 4 is 45.6 Å². The second-order valence-corrected chi connectivity index (χ2v) is 7.40. The van der Waals surface area contributed by atoms with Crippen LogP contribution in [0.5, 0.6) is 11.5 Å². The summed E-state index contributed by atoms with van der Waals surface area (Å²) in [5.74, 6) is 1.40. The number of fused-ring (bicyclic) bond motifs is 1. The average molecular weight is 436 g/mol. The van der Waals surface area contributed by atoms with Crippen LogP contribution in [0, 0.1) is 0 Å². The number of nitrogens with zero attached hydrogens (tertiary/aromatic N) is 1. The monoisotopic (exact) mass is 435 g/mol. The molecule has 0 atom stereocenters. The first-order valence-electron chi connectivity index (χ1n) is 9.12. The van der Waals surface area contributed by atoms with Gasteiger partial charge in [0.25, 0.3) is 0 Å². The van der Waals surface area contributed by atoms with Crippen molar-refractivity contribution in [3.05, 3.63) is 50.9 Å². The lowest BCUT2D eigenvalue weighted by Gasteiger charge is -2.24. The molecule has 0 unspecified atom stereocenters. The number of methoxy groups -OCH3 is 1. The number of aromatic amines is 1. The molecule has 2 heterocycles. The lowest BCUT2D eigenvalue weighted by molar-refractivity contribution is 0.0262. The van der Waals surface area contributed by atoms with Crippen LogP contribution in [-0.2, 0) is 4.74 Å². The van der Waals surface area contributed by atoms with Crippen LogP contribution in [0.2, 0.25) is 10.0 Å². The Morgan fingerprint density at radius 3 is 2.72 bits per heavy atom. The highest BCUT2D eigenvalue weighted by Gasteiger charge is 2.19. The van der Waals surface area contributed by atoms with Gasteiger partial charge in [0, 0.05) is 18.9 Å². The summed E-state index contributed by atoms with van der Waals surface area (Å²) in [5, 5.41) is 4.54. The number of halogens is 2. The Balaban J connectivity index is 1.78. The summed E-state index contributed by atoms with van der Waals surface area (Å²) in [4.78, 5) is 19.0. The van der Waals surface area contributed by atoms with Crippen molar-refractivity contribution in [2.45, 2.75) is 18.9 Å². The van der Waals surface area contributed by atoms with Crippen LogP contribution in [0.1, 0.15) is 12.8 Å². The van der Waals surface area contributed by atoms with Crippen LogP contribution in [-0.4, -0.2) is 36.4 Å². The van der Waals surface area contributed by atoms with Gasteiger partial charge in [0.1, 0.15) is 23.4 Å². The van der Waals surface area contributed by atoms with E-state index < -0.39 is 5.69 Å². The minimum absolute atomic E-state index is 0.0355. The van der Waals surface area contributed by atoms with Crippen molar-refractivity contribution in [3.63, 3.8) is 0 Å². The highest BCUT2D eigenvalue weighted by molar-refractivity contribution is 6.37. The van der Waals surface area contributed by atoms with Gasteiger partial charge >= 0.3 is 5.69 Å². The van der Waals surface area contributed by atoms with Gasteiger partial charge in [-0.25, -0.2) is 4.79 Å². The lowest BCUT2D eigenvalue weighted by Crippen LogP contribution is -2.26. The number of H-pyrrole nitrogens is 1. The maximum atomic E-state index is 12.1. The van der Waals surface area contributed by atoms with E-state index in [-0.39, 0.29) is 6.10 Å². The van der Waals surface area contributed by atoms with Crippen LogP contribution in [0.4, 0.5) is 11.5 Å². The van der Waals surface area contributed by atoms with E-state index >= 15 is 0 Å². The Kier molecular flexibility index (Phi) is 5.80. The number of hydrogen-bond donors (Lipinski definition) is 2. The molecule has 0 spiro atoms. The molecule has 152 valence electrons. The number of anilines is 2. The molecule has 0 radical (unpaired) electrons. The van der Waals surface area contributed by atoms with Crippen LogP contribution in [0.3, 0.4) is 0 Å². The number of benzene rings is 2. The predicted octanol–water partition coefficient (Wildman–Crippen LogP) is 4.54. The standard InChI is InChI=1S/C20H19Cl2N3O4/c1-27-17-10-15(12(21)9-13(17)22)23-19-18-14(24-20(26)25-19)3-2-4-16(18)29-11-5-7-28-8-6-11/h2-4,9-11H,5-8H2,1H3,(H2,23,24,25,26). The van der Waals surface area contributed by atoms with E-state index in [4.69, 9.17) is 37.4 Å². The van der Waals surface area contributed by atoms with Gasteiger partial charge in [0.2, 0.25) is 0 Å². The predicted molar refractivity (Wildman–Crippen MR) is 113 cm³/mol. The SMILES string of the molecule is COc1cc(Nc2nc(=O)[nH]c3cccc(OC4CCOCC4)c23)c(Cl)cc1Cl. The number of ether oxygens (including phenoxy) is 3. The maximum Gasteiger partial charge on any atom is 0.347 e. The van der Waals surface area contributed by atoms with E-state index in [1.54, 1.807) is 18.2 Å². The van der Waals surface area contributed by atoms with E-state index in [1.165, 1.54) is 7.11 Å². The summed E-state index contributed by atoms with van der Waals surface area (Å²) in [6, 6.07) is 8.70. The molecule has 29 heavy (non-hydrogen) atoms. The molecule has 3 aromatic rings.